The predicted octanol–water partition coefficient (Wildman–Crippen LogP) is 3.00. The fourth-order valence-electron chi connectivity index (χ4n) is 3.53. The molecule has 0 spiro atoms. The standard InChI is InChI=1S/C15H27NO2/c1-12-4-3-5-13(10-12)11-16-8-6-15(2,7-9-16)14(17)18/h12-13H,3-11H2,1-2H3,(H,17,18). The Morgan fingerprint density at radius 2 is 2.00 bits per heavy atom. The Morgan fingerprint density at radius 1 is 1.33 bits per heavy atom. The van der Waals surface area contributed by atoms with Gasteiger partial charge in [0.25, 0.3) is 0 Å². The average Bonchev–Trinajstić information content (AvgIpc) is 2.32. The number of nitrogens with zero attached hydrogens (tertiary/aromatic N) is 1. The lowest BCUT2D eigenvalue weighted by atomic mass is 9.79. The van der Waals surface area contributed by atoms with Crippen molar-refractivity contribution in [1.82, 2.24) is 4.90 Å². The van der Waals surface area contributed by atoms with Gasteiger partial charge in [0.2, 0.25) is 0 Å². The first-order chi connectivity index (χ1) is 8.49. The molecule has 2 fully saturated rings. The number of aliphatic carboxylic acids is 1. The van der Waals surface area contributed by atoms with Gasteiger partial charge in [-0.1, -0.05) is 19.8 Å². The van der Waals surface area contributed by atoms with E-state index in [0.717, 1.165) is 37.8 Å². The fourth-order valence-corrected chi connectivity index (χ4v) is 3.53. The van der Waals surface area contributed by atoms with Crippen LogP contribution >= 0.6 is 0 Å². The molecule has 2 aliphatic rings. The predicted molar refractivity (Wildman–Crippen MR) is 72.5 cm³/mol. The molecule has 3 nitrogen and oxygen atoms in total. The highest BCUT2D eigenvalue weighted by Crippen LogP contribution is 2.33. The second-order valence-corrected chi connectivity index (χ2v) is 6.80. The van der Waals surface area contributed by atoms with Crippen molar-refractivity contribution >= 4 is 5.97 Å². The number of carbonyl (C=O) groups is 1. The molecule has 0 aromatic rings. The van der Waals surface area contributed by atoms with Crippen molar-refractivity contribution in [1.29, 1.82) is 0 Å². The van der Waals surface area contributed by atoms with E-state index in [4.69, 9.17) is 0 Å². The van der Waals surface area contributed by atoms with Crippen molar-refractivity contribution in [3.8, 4) is 0 Å². The molecule has 104 valence electrons. The van der Waals surface area contributed by atoms with Crippen LogP contribution in [0.3, 0.4) is 0 Å². The van der Waals surface area contributed by atoms with Crippen LogP contribution in [0.1, 0.15) is 52.4 Å². The number of piperidine rings is 1. The minimum atomic E-state index is -0.617. The first-order valence-electron chi connectivity index (χ1n) is 7.45. The third-order valence-corrected chi connectivity index (χ3v) is 5.04. The molecule has 1 saturated carbocycles. The monoisotopic (exact) mass is 253 g/mol. The molecule has 0 bridgehead atoms. The molecular formula is C15H27NO2. The summed E-state index contributed by atoms with van der Waals surface area (Å²) in [5.74, 6) is 1.12. The first-order valence-corrected chi connectivity index (χ1v) is 7.45. The van der Waals surface area contributed by atoms with Crippen LogP contribution in [0.2, 0.25) is 0 Å². The van der Waals surface area contributed by atoms with Crippen LogP contribution in [-0.4, -0.2) is 35.6 Å². The SMILES string of the molecule is CC1CCCC(CN2CCC(C)(C(=O)O)CC2)C1. The van der Waals surface area contributed by atoms with Gasteiger partial charge in [-0.05, 0) is 57.5 Å². The maximum absolute atomic E-state index is 11.2. The molecule has 1 aliphatic heterocycles. The molecule has 1 aliphatic carbocycles. The van der Waals surface area contributed by atoms with Gasteiger partial charge in [0, 0.05) is 6.54 Å². The summed E-state index contributed by atoms with van der Waals surface area (Å²) in [4.78, 5) is 13.7. The number of carboxylic acid groups (broad SMARTS) is 1. The van der Waals surface area contributed by atoms with Crippen LogP contribution in [0.5, 0.6) is 0 Å². The van der Waals surface area contributed by atoms with Crippen LogP contribution in [0.25, 0.3) is 0 Å². The van der Waals surface area contributed by atoms with Gasteiger partial charge in [-0.3, -0.25) is 4.79 Å². The minimum Gasteiger partial charge on any atom is -0.481 e. The lowest BCUT2D eigenvalue weighted by molar-refractivity contribution is -0.150. The van der Waals surface area contributed by atoms with Gasteiger partial charge in [-0.2, -0.15) is 0 Å². The zero-order valence-corrected chi connectivity index (χ0v) is 11.8. The van der Waals surface area contributed by atoms with Crippen molar-refractivity contribution < 1.29 is 9.90 Å². The van der Waals surface area contributed by atoms with E-state index in [1.165, 1.54) is 32.2 Å². The number of hydrogen-bond acceptors (Lipinski definition) is 2. The van der Waals surface area contributed by atoms with Crippen molar-refractivity contribution in [3.63, 3.8) is 0 Å². The Hall–Kier alpha value is -0.570. The van der Waals surface area contributed by atoms with Crippen LogP contribution in [0.15, 0.2) is 0 Å². The van der Waals surface area contributed by atoms with E-state index in [1.807, 2.05) is 6.92 Å². The Kier molecular flexibility index (Phi) is 4.31. The summed E-state index contributed by atoms with van der Waals surface area (Å²) < 4.78 is 0. The quantitative estimate of drug-likeness (QED) is 0.840. The molecule has 0 aromatic heterocycles. The molecule has 0 amide bonds. The number of rotatable bonds is 3. The highest BCUT2D eigenvalue weighted by atomic mass is 16.4. The average molecular weight is 253 g/mol. The summed E-state index contributed by atoms with van der Waals surface area (Å²) in [6, 6.07) is 0. The zero-order valence-electron chi connectivity index (χ0n) is 11.8. The van der Waals surface area contributed by atoms with Crippen molar-refractivity contribution in [2.45, 2.75) is 52.4 Å². The maximum atomic E-state index is 11.2. The van der Waals surface area contributed by atoms with E-state index >= 15 is 0 Å². The van der Waals surface area contributed by atoms with Crippen LogP contribution < -0.4 is 0 Å². The molecule has 0 radical (unpaired) electrons. The number of likely N-dealkylation sites (tertiary alicyclic amines) is 1. The maximum Gasteiger partial charge on any atom is 0.309 e. The molecule has 1 saturated heterocycles. The molecule has 3 heteroatoms. The van der Waals surface area contributed by atoms with E-state index in [0.29, 0.717) is 0 Å². The van der Waals surface area contributed by atoms with Gasteiger partial charge in [0.1, 0.15) is 0 Å². The number of hydrogen-bond donors (Lipinski definition) is 1. The summed E-state index contributed by atoms with van der Waals surface area (Å²) in [7, 11) is 0. The van der Waals surface area contributed by atoms with Gasteiger partial charge < -0.3 is 10.0 Å². The highest BCUT2D eigenvalue weighted by molar-refractivity contribution is 5.74. The van der Waals surface area contributed by atoms with Crippen molar-refractivity contribution in [2.24, 2.45) is 17.3 Å². The van der Waals surface area contributed by atoms with Crippen LogP contribution in [-0.2, 0) is 4.79 Å². The van der Waals surface area contributed by atoms with Gasteiger partial charge in [0.05, 0.1) is 5.41 Å². The zero-order chi connectivity index (χ0) is 13.2. The van der Waals surface area contributed by atoms with Gasteiger partial charge in [0.15, 0.2) is 0 Å². The fraction of sp³-hybridized carbons (Fsp3) is 0.933. The smallest absolute Gasteiger partial charge is 0.309 e. The molecule has 1 heterocycles. The summed E-state index contributed by atoms with van der Waals surface area (Å²) in [6.45, 7) is 7.39. The Bertz CT molecular complexity index is 295. The van der Waals surface area contributed by atoms with Crippen LogP contribution in [0, 0.1) is 17.3 Å². The molecule has 2 rings (SSSR count). The Balaban J connectivity index is 1.78. The summed E-state index contributed by atoms with van der Waals surface area (Å²) in [5, 5.41) is 9.22. The van der Waals surface area contributed by atoms with E-state index < -0.39 is 11.4 Å². The van der Waals surface area contributed by atoms with Gasteiger partial charge in [-0.25, -0.2) is 0 Å². The normalized spacial score (nSPS) is 33.2. The molecule has 0 aromatic carbocycles. The van der Waals surface area contributed by atoms with E-state index in [2.05, 4.69) is 11.8 Å². The third kappa shape index (κ3) is 3.25. The molecule has 1 N–H and O–H groups in total. The molecule has 18 heavy (non-hydrogen) atoms. The molecule has 2 unspecified atom stereocenters. The summed E-state index contributed by atoms with van der Waals surface area (Å²) in [5.41, 5.74) is -0.476. The largest absolute Gasteiger partial charge is 0.481 e. The van der Waals surface area contributed by atoms with Gasteiger partial charge in [-0.15, -0.1) is 0 Å². The summed E-state index contributed by atoms with van der Waals surface area (Å²) in [6.07, 6.45) is 7.14. The minimum absolute atomic E-state index is 0.476. The van der Waals surface area contributed by atoms with Crippen molar-refractivity contribution in [2.75, 3.05) is 19.6 Å². The lowest BCUT2D eigenvalue weighted by Gasteiger charge is -2.39. The van der Waals surface area contributed by atoms with E-state index in [-0.39, 0.29) is 0 Å². The molecule has 2 atom stereocenters. The topological polar surface area (TPSA) is 40.5 Å². The molecular weight excluding hydrogens is 226 g/mol. The number of carboxylic acids is 1. The van der Waals surface area contributed by atoms with E-state index in [9.17, 15) is 9.90 Å². The van der Waals surface area contributed by atoms with Crippen molar-refractivity contribution in [3.05, 3.63) is 0 Å². The third-order valence-electron chi connectivity index (χ3n) is 5.04. The Labute approximate surface area is 111 Å². The van der Waals surface area contributed by atoms with Crippen LogP contribution in [0.4, 0.5) is 0 Å². The first kappa shape index (κ1) is 13.9. The lowest BCUT2D eigenvalue weighted by Crippen LogP contribution is -2.44. The second kappa shape index (κ2) is 5.60. The Morgan fingerprint density at radius 3 is 2.56 bits per heavy atom. The van der Waals surface area contributed by atoms with Gasteiger partial charge >= 0.3 is 5.97 Å². The highest BCUT2D eigenvalue weighted by Gasteiger charge is 2.37. The van der Waals surface area contributed by atoms with E-state index in [1.54, 1.807) is 0 Å². The summed E-state index contributed by atoms with van der Waals surface area (Å²) >= 11 is 0. The second-order valence-electron chi connectivity index (χ2n) is 6.80.